The summed E-state index contributed by atoms with van der Waals surface area (Å²) in [6.45, 7) is 2.28. The number of para-hydroxylation sites is 1. The summed E-state index contributed by atoms with van der Waals surface area (Å²) < 4.78 is 9.66. The van der Waals surface area contributed by atoms with Gasteiger partial charge in [0.1, 0.15) is 11.2 Å². The van der Waals surface area contributed by atoms with Crippen molar-refractivity contribution in [2.24, 2.45) is 15.9 Å². The molecule has 0 N–H and O–H groups in total. The first-order chi connectivity index (χ1) is 31.7. The fraction of sp³-hybridized carbons (Fsp3) is 0.0667. The average molecular weight is 820 g/mol. The summed E-state index contributed by atoms with van der Waals surface area (Å²) in [4.78, 5) is 11.5. The molecule has 10 aromatic carbocycles. The maximum absolute atomic E-state index is 7.14. The Morgan fingerprint density at radius 2 is 1.12 bits per heavy atom. The van der Waals surface area contributed by atoms with Gasteiger partial charge in [0.05, 0.1) is 28.5 Å². The Kier molecular flexibility index (Phi) is 8.29. The Bertz CT molecular complexity index is 3910. The molecular formula is C60H41N3O. The molecule has 4 heteroatoms. The van der Waals surface area contributed by atoms with E-state index in [1.165, 1.54) is 48.6 Å². The molecule has 2 unspecified atom stereocenters. The lowest BCUT2D eigenvalue weighted by Gasteiger charge is -2.31. The molecule has 1 aliphatic rings. The normalized spacial score (nSPS) is 15.5. The van der Waals surface area contributed by atoms with Gasteiger partial charge in [-0.05, 0) is 92.5 Å². The summed E-state index contributed by atoms with van der Waals surface area (Å²) in [6.07, 6.45) is 0.813. The molecule has 2 aromatic heterocycles. The van der Waals surface area contributed by atoms with Gasteiger partial charge in [-0.15, -0.1) is 0 Å². The van der Waals surface area contributed by atoms with E-state index in [2.05, 4.69) is 218 Å². The number of hydrogen-bond acceptors (Lipinski definition) is 3. The number of hydrogen-bond donors (Lipinski definition) is 0. The van der Waals surface area contributed by atoms with E-state index in [1.54, 1.807) is 0 Å². The van der Waals surface area contributed by atoms with Gasteiger partial charge in [0.15, 0.2) is 5.84 Å². The van der Waals surface area contributed by atoms with Crippen LogP contribution in [0, 0.1) is 5.92 Å². The zero-order valence-electron chi connectivity index (χ0n) is 35.2. The second-order valence-electron chi connectivity index (χ2n) is 17.1. The number of aliphatic imine (C=N–C) groups is 2. The molecule has 12 aromatic rings. The maximum atomic E-state index is 7.14. The zero-order chi connectivity index (χ0) is 42.3. The van der Waals surface area contributed by atoms with E-state index >= 15 is 0 Å². The highest BCUT2D eigenvalue weighted by atomic mass is 16.3. The van der Waals surface area contributed by atoms with Crippen LogP contribution >= 0.6 is 0 Å². The number of furan rings is 1. The molecule has 0 amide bonds. The van der Waals surface area contributed by atoms with Gasteiger partial charge in [0.25, 0.3) is 0 Å². The molecule has 0 fully saturated rings. The van der Waals surface area contributed by atoms with E-state index in [-0.39, 0.29) is 12.0 Å². The second kappa shape index (κ2) is 14.5. The van der Waals surface area contributed by atoms with E-state index < -0.39 is 0 Å². The molecule has 302 valence electrons. The quantitative estimate of drug-likeness (QED) is 0.165. The van der Waals surface area contributed by atoms with Crippen LogP contribution in [0.15, 0.2) is 221 Å². The summed E-state index contributed by atoms with van der Waals surface area (Å²) in [5.41, 5.74) is 11.6. The molecule has 4 nitrogen and oxygen atoms in total. The highest BCUT2D eigenvalue weighted by Gasteiger charge is 2.36. The summed E-state index contributed by atoms with van der Waals surface area (Å²) in [5, 5.41) is 11.8. The van der Waals surface area contributed by atoms with Crippen molar-refractivity contribution in [3.63, 3.8) is 0 Å². The first-order valence-electron chi connectivity index (χ1n) is 22.3. The van der Waals surface area contributed by atoms with Crippen molar-refractivity contribution in [1.29, 1.82) is 0 Å². The molecule has 0 saturated heterocycles. The monoisotopic (exact) mass is 819 g/mol. The summed E-state index contributed by atoms with van der Waals surface area (Å²) >= 11 is 0. The molecule has 64 heavy (non-hydrogen) atoms. The number of rotatable bonds is 6. The summed E-state index contributed by atoms with van der Waals surface area (Å²) in [6, 6.07) is 74.1. The molecule has 2 atom stereocenters. The van der Waals surface area contributed by atoms with Crippen LogP contribution in [0.3, 0.4) is 0 Å². The number of nitrogens with zero attached hydrogens (tertiary/aromatic N) is 3. The predicted octanol–water partition coefficient (Wildman–Crippen LogP) is 15.8. The number of aromatic nitrogens is 1. The minimum absolute atomic E-state index is 0.0783. The van der Waals surface area contributed by atoms with E-state index in [4.69, 9.17) is 14.4 Å². The first kappa shape index (κ1) is 36.6. The van der Waals surface area contributed by atoms with E-state index in [9.17, 15) is 0 Å². The van der Waals surface area contributed by atoms with Gasteiger partial charge in [-0.2, -0.15) is 0 Å². The average Bonchev–Trinajstić information content (AvgIpc) is 3.90. The lowest BCUT2D eigenvalue weighted by molar-refractivity contribution is 0.526. The molecule has 0 spiro atoms. The van der Waals surface area contributed by atoms with Gasteiger partial charge < -0.3 is 8.98 Å². The fourth-order valence-corrected chi connectivity index (χ4v) is 10.5. The smallest absolute Gasteiger partial charge is 0.155 e. The van der Waals surface area contributed by atoms with Gasteiger partial charge in [-0.25, -0.2) is 4.99 Å². The van der Waals surface area contributed by atoms with Crippen LogP contribution < -0.4 is 0 Å². The van der Waals surface area contributed by atoms with Crippen LogP contribution in [0.4, 0.5) is 0 Å². The highest BCUT2D eigenvalue weighted by Crippen LogP contribution is 2.47. The van der Waals surface area contributed by atoms with E-state index in [1.807, 2.05) is 0 Å². The van der Waals surface area contributed by atoms with Crippen LogP contribution in [0.1, 0.15) is 36.1 Å². The van der Waals surface area contributed by atoms with Crippen LogP contribution in [-0.4, -0.2) is 16.1 Å². The van der Waals surface area contributed by atoms with Gasteiger partial charge in [-0.1, -0.05) is 171 Å². The Hall–Kier alpha value is -8.08. The molecular weight excluding hydrogens is 779 g/mol. The van der Waals surface area contributed by atoms with Gasteiger partial charge >= 0.3 is 0 Å². The Morgan fingerprint density at radius 3 is 1.95 bits per heavy atom. The van der Waals surface area contributed by atoms with Crippen LogP contribution in [0.25, 0.3) is 92.9 Å². The van der Waals surface area contributed by atoms with E-state index in [0.717, 1.165) is 73.1 Å². The van der Waals surface area contributed by atoms with Crippen molar-refractivity contribution >= 4 is 87.6 Å². The van der Waals surface area contributed by atoms with Crippen molar-refractivity contribution < 1.29 is 4.42 Å². The van der Waals surface area contributed by atoms with Crippen LogP contribution in [-0.2, 0) is 0 Å². The van der Waals surface area contributed by atoms with Gasteiger partial charge in [0, 0.05) is 44.0 Å². The van der Waals surface area contributed by atoms with Crippen LogP contribution in [0.5, 0.6) is 0 Å². The zero-order valence-corrected chi connectivity index (χ0v) is 35.2. The second-order valence-corrected chi connectivity index (χ2v) is 17.1. The number of fused-ring (bicyclic) bond motifs is 10. The molecule has 0 bridgehead atoms. The van der Waals surface area contributed by atoms with Crippen molar-refractivity contribution in [2.75, 3.05) is 0 Å². The van der Waals surface area contributed by atoms with Gasteiger partial charge in [0.2, 0.25) is 0 Å². The molecule has 3 heterocycles. The van der Waals surface area contributed by atoms with Crippen molar-refractivity contribution in [3.05, 3.63) is 223 Å². The third-order valence-corrected chi connectivity index (χ3v) is 13.6. The SMILES string of the molecule is CCC1C(c2ccc3ccccc3c2)=NC(c2cccc(-c3ccccc3)c2)=NC1c1c(-n2c3cc4ccccc4cc3c3ccc4ccccc4c32)ccc2c1oc1ccccc12. The third kappa shape index (κ3) is 5.69. The van der Waals surface area contributed by atoms with Crippen molar-refractivity contribution in [2.45, 2.75) is 19.4 Å². The standard InChI is InChI=1S/C60H41N3O/c1-2-46-56(44-28-27-38-17-6-7-19-40(38)33-44)61-60(45-23-14-22-41(34-45)37-15-4-3-5-16-37)62-57(46)55-52(32-31-50-48-25-12-13-26-54(48)64-59(50)55)63-53-36-43-21-9-8-20-42(43)35-51(53)49-30-29-39-18-10-11-24-47(39)58(49)63/h3-36,46,57H,2H2,1H3. The summed E-state index contributed by atoms with van der Waals surface area (Å²) in [5.74, 6) is 0.638. The minimum atomic E-state index is -0.360. The van der Waals surface area contributed by atoms with E-state index in [0.29, 0.717) is 5.84 Å². The maximum Gasteiger partial charge on any atom is 0.155 e. The lowest BCUT2D eigenvalue weighted by atomic mass is 9.81. The topological polar surface area (TPSA) is 42.8 Å². The minimum Gasteiger partial charge on any atom is -0.456 e. The largest absolute Gasteiger partial charge is 0.456 e. The van der Waals surface area contributed by atoms with Crippen molar-refractivity contribution in [3.8, 4) is 16.8 Å². The fourth-order valence-electron chi connectivity index (χ4n) is 10.5. The number of amidine groups is 1. The highest BCUT2D eigenvalue weighted by molar-refractivity contribution is 6.22. The molecule has 1 aliphatic heterocycles. The first-order valence-corrected chi connectivity index (χ1v) is 22.3. The van der Waals surface area contributed by atoms with Gasteiger partial charge in [-0.3, -0.25) is 4.99 Å². The van der Waals surface area contributed by atoms with Crippen molar-refractivity contribution in [1.82, 2.24) is 4.57 Å². The predicted molar refractivity (Wildman–Crippen MR) is 268 cm³/mol. The third-order valence-electron chi connectivity index (χ3n) is 13.6. The Labute approximate surface area is 370 Å². The summed E-state index contributed by atoms with van der Waals surface area (Å²) in [7, 11) is 0. The Morgan fingerprint density at radius 1 is 0.469 bits per heavy atom. The molecule has 0 saturated carbocycles. The molecule has 13 rings (SSSR count). The molecule has 0 radical (unpaired) electrons. The molecule has 0 aliphatic carbocycles. The van der Waals surface area contributed by atoms with Crippen LogP contribution in [0.2, 0.25) is 0 Å². The Balaban J connectivity index is 1.15. The number of benzene rings is 10. The lowest BCUT2D eigenvalue weighted by Crippen LogP contribution is -2.29.